The molecule has 0 aliphatic carbocycles. The Morgan fingerprint density at radius 3 is 3.00 bits per heavy atom. The van der Waals surface area contributed by atoms with Gasteiger partial charge in [0.2, 0.25) is 0 Å². The first kappa shape index (κ1) is 11.0. The Bertz CT molecular complexity index is 560. The summed E-state index contributed by atoms with van der Waals surface area (Å²) in [5.74, 6) is -0.437. The number of methoxy groups -OCH3 is 1. The van der Waals surface area contributed by atoms with Gasteiger partial charge in [-0.15, -0.1) is 11.3 Å². The second kappa shape index (κ2) is 4.54. The third-order valence-corrected chi connectivity index (χ3v) is 3.19. The lowest BCUT2D eigenvalue weighted by Crippen LogP contribution is -2.03. The summed E-state index contributed by atoms with van der Waals surface area (Å²) in [6, 6.07) is 5.49. The van der Waals surface area contributed by atoms with Crippen molar-refractivity contribution < 1.29 is 9.53 Å². The molecule has 2 aromatic rings. The van der Waals surface area contributed by atoms with Crippen molar-refractivity contribution in [3.05, 3.63) is 34.0 Å². The van der Waals surface area contributed by atoms with E-state index in [1.807, 2.05) is 18.2 Å². The highest BCUT2D eigenvalue weighted by Crippen LogP contribution is 2.27. The number of H-pyrrole nitrogens is 1. The van der Waals surface area contributed by atoms with Gasteiger partial charge in [0.15, 0.2) is 3.95 Å². The van der Waals surface area contributed by atoms with Gasteiger partial charge >= 0.3 is 5.97 Å². The van der Waals surface area contributed by atoms with Crippen LogP contribution >= 0.6 is 23.6 Å². The largest absolute Gasteiger partial charge is 0.464 e. The fourth-order valence-electron chi connectivity index (χ4n) is 1.25. The zero-order chi connectivity index (χ0) is 11.5. The predicted molar refractivity (Wildman–Crippen MR) is 64.1 cm³/mol. The summed E-state index contributed by atoms with van der Waals surface area (Å²) in [5.41, 5.74) is 1.07. The first-order valence-corrected chi connectivity index (χ1v) is 5.67. The fourth-order valence-corrected chi connectivity index (χ4v) is 2.40. The molecule has 82 valence electrons. The van der Waals surface area contributed by atoms with Gasteiger partial charge in [-0.3, -0.25) is 4.98 Å². The lowest BCUT2D eigenvalue weighted by atomic mass is 10.2. The molecule has 0 fully saturated rings. The Balaban J connectivity index is 2.57. The highest BCUT2D eigenvalue weighted by atomic mass is 32.1. The summed E-state index contributed by atoms with van der Waals surface area (Å²) >= 11 is 6.32. The van der Waals surface area contributed by atoms with Crippen LogP contribution in [0.5, 0.6) is 0 Å². The Hall–Kier alpha value is -1.53. The molecule has 2 heterocycles. The minimum Gasteiger partial charge on any atom is -0.464 e. The van der Waals surface area contributed by atoms with Crippen LogP contribution in [0.4, 0.5) is 0 Å². The fraction of sp³-hybridized carbons (Fsp3) is 0.100. The number of ether oxygens (including phenoxy) is 1. The minimum atomic E-state index is -0.437. The molecular formula is C10H8N2O2S2. The number of nitrogens with one attached hydrogen (secondary N) is 1. The predicted octanol–water partition coefficient (Wildman–Crippen LogP) is 2.65. The van der Waals surface area contributed by atoms with Crippen molar-refractivity contribution in [3.63, 3.8) is 0 Å². The normalized spacial score (nSPS) is 10.1. The number of esters is 1. The summed E-state index contributed by atoms with van der Waals surface area (Å²) in [7, 11) is 1.33. The molecule has 0 atom stereocenters. The van der Waals surface area contributed by atoms with E-state index in [4.69, 9.17) is 12.2 Å². The van der Waals surface area contributed by atoms with Crippen molar-refractivity contribution >= 4 is 29.5 Å². The maximum Gasteiger partial charge on any atom is 0.356 e. The summed E-state index contributed by atoms with van der Waals surface area (Å²) in [5, 5.41) is 0. The van der Waals surface area contributed by atoms with Gasteiger partial charge in [-0.25, -0.2) is 4.79 Å². The van der Waals surface area contributed by atoms with Crippen molar-refractivity contribution in [1.82, 2.24) is 9.97 Å². The Labute approximate surface area is 101 Å². The zero-order valence-corrected chi connectivity index (χ0v) is 10.0. The second-order valence-electron chi connectivity index (χ2n) is 2.93. The molecule has 0 saturated carbocycles. The Morgan fingerprint density at radius 1 is 1.56 bits per heavy atom. The van der Waals surface area contributed by atoms with E-state index in [1.165, 1.54) is 18.4 Å². The smallest absolute Gasteiger partial charge is 0.356 e. The number of carbonyl (C=O) groups is 1. The number of hydrogen-bond donors (Lipinski definition) is 1. The maximum absolute atomic E-state index is 11.5. The first-order chi connectivity index (χ1) is 7.72. The van der Waals surface area contributed by atoms with Crippen molar-refractivity contribution in [2.24, 2.45) is 0 Å². The van der Waals surface area contributed by atoms with Gasteiger partial charge in [-0.05, 0) is 24.4 Å². The van der Waals surface area contributed by atoms with Gasteiger partial charge in [0.25, 0.3) is 0 Å². The van der Waals surface area contributed by atoms with Gasteiger partial charge in [-0.2, -0.15) is 0 Å². The molecule has 0 unspecified atom stereocenters. The lowest BCUT2D eigenvalue weighted by molar-refractivity contribution is 0.0595. The monoisotopic (exact) mass is 252 g/mol. The molecule has 0 aliphatic heterocycles. The van der Waals surface area contributed by atoms with Crippen LogP contribution in [0.15, 0.2) is 24.4 Å². The van der Waals surface area contributed by atoms with E-state index in [0.29, 0.717) is 20.2 Å². The third kappa shape index (κ3) is 2.02. The number of pyridine rings is 1. The molecule has 0 aliphatic rings. The molecule has 0 aromatic carbocycles. The SMILES string of the molecule is COC(=O)c1[nH]c(=S)sc1-c1ccccn1. The van der Waals surface area contributed by atoms with Gasteiger partial charge in [0.1, 0.15) is 5.69 Å². The number of hydrogen-bond acceptors (Lipinski definition) is 5. The van der Waals surface area contributed by atoms with Gasteiger partial charge in [0, 0.05) is 6.20 Å². The van der Waals surface area contributed by atoms with Crippen LogP contribution in [-0.4, -0.2) is 23.0 Å². The Morgan fingerprint density at radius 2 is 2.38 bits per heavy atom. The summed E-state index contributed by atoms with van der Waals surface area (Å²) in [4.78, 5) is 19.2. The van der Waals surface area contributed by atoms with Crippen molar-refractivity contribution in [3.8, 4) is 10.6 Å². The van der Waals surface area contributed by atoms with E-state index in [2.05, 4.69) is 14.7 Å². The van der Waals surface area contributed by atoms with Crippen LogP contribution < -0.4 is 0 Å². The number of nitrogens with zero attached hydrogens (tertiary/aromatic N) is 1. The van der Waals surface area contributed by atoms with E-state index in [0.717, 1.165) is 0 Å². The van der Waals surface area contributed by atoms with Crippen molar-refractivity contribution in [2.75, 3.05) is 7.11 Å². The second-order valence-corrected chi connectivity index (χ2v) is 4.61. The van der Waals surface area contributed by atoms with Gasteiger partial charge in [0.05, 0.1) is 17.7 Å². The highest BCUT2D eigenvalue weighted by molar-refractivity contribution is 7.73. The van der Waals surface area contributed by atoms with E-state index >= 15 is 0 Å². The van der Waals surface area contributed by atoms with Crippen molar-refractivity contribution in [2.45, 2.75) is 0 Å². The quantitative estimate of drug-likeness (QED) is 0.659. The standard InChI is InChI=1S/C10H8N2O2S2/c1-14-9(13)7-8(16-10(15)12-7)6-4-2-3-5-11-6/h2-5H,1H3,(H,12,15). The molecule has 0 saturated heterocycles. The summed E-state index contributed by atoms with van der Waals surface area (Å²) in [6.07, 6.45) is 1.67. The molecule has 2 rings (SSSR count). The molecule has 2 aromatic heterocycles. The highest BCUT2D eigenvalue weighted by Gasteiger charge is 2.17. The molecular weight excluding hydrogens is 244 g/mol. The summed E-state index contributed by atoms with van der Waals surface area (Å²) in [6.45, 7) is 0. The molecule has 0 radical (unpaired) electrons. The first-order valence-electron chi connectivity index (χ1n) is 4.45. The van der Waals surface area contributed by atoms with Crippen LogP contribution in [0.1, 0.15) is 10.5 Å². The summed E-state index contributed by atoms with van der Waals surface area (Å²) < 4.78 is 5.20. The van der Waals surface area contributed by atoms with Crippen molar-refractivity contribution in [1.29, 1.82) is 0 Å². The van der Waals surface area contributed by atoms with Gasteiger partial charge in [-0.1, -0.05) is 6.07 Å². The number of carbonyl (C=O) groups excluding carboxylic acids is 1. The van der Waals surface area contributed by atoms with Crippen LogP contribution in [-0.2, 0) is 4.74 Å². The van der Waals surface area contributed by atoms with E-state index in [-0.39, 0.29) is 0 Å². The third-order valence-electron chi connectivity index (χ3n) is 1.94. The molecule has 6 heteroatoms. The average Bonchev–Trinajstić information content (AvgIpc) is 2.71. The topological polar surface area (TPSA) is 55.0 Å². The van der Waals surface area contributed by atoms with Crippen LogP contribution in [0.3, 0.4) is 0 Å². The average molecular weight is 252 g/mol. The Kier molecular flexibility index (Phi) is 3.12. The molecule has 0 bridgehead atoms. The number of rotatable bonds is 2. The number of aromatic amines is 1. The molecule has 1 N–H and O–H groups in total. The van der Waals surface area contributed by atoms with E-state index in [9.17, 15) is 4.79 Å². The minimum absolute atomic E-state index is 0.358. The van der Waals surface area contributed by atoms with E-state index in [1.54, 1.807) is 6.20 Å². The number of aromatic nitrogens is 2. The molecule has 16 heavy (non-hydrogen) atoms. The zero-order valence-electron chi connectivity index (χ0n) is 8.39. The van der Waals surface area contributed by atoms with E-state index < -0.39 is 5.97 Å². The number of thiazole rings is 1. The molecule has 4 nitrogen and oxygen atoms in total. The molecule has 0 spiro atoms. The van der Waals surface area contributed by atoms with Gasteiger partial charge < -0.3 is 9.72 Å². The molecule has 0 amide bonds. The van der Waals surface area contributed by atoms with Crippen LogP contribution in [0.25, 0.3) is 10.6 Å². The van der Waals surface area contributed by atoms with Crippen LogP contribution in [0, 0.1) is 3.95 Å². The van der Waals surface area contributed by atoms with Crippen LogP contribution in [0.2, 0.25) is 0 Å². The maximum atomic E-state index is 11.5. The lowest BCUT2D eigenvalue weighted by Gasteiger charge is -1.99.